The quantitative estimate of drug-likeness (QED) is 0.327. The first-order valence-corrected chi connectivity index (χ1v) is 12.0. The van der Waals surface area contributed by atoms with Gasteiger partial charge < -0.3 is 9.47 Å². The summed E-state index contributed by atoms with van der Waals surface area (Å²) >= 11 is 0. The molecule has 1 aliphatic rings. The lowest BCUT2D eigenvalue weighted by Crippen LogP contribution is -2.46. The summed E-state index contributed by atoms with van der Waals surface area (Å²) in [5, 5.41) is 0. The number of rotatable bonds is 6. The highest BCUT2D eigenvalue weighted by molar-refractivity contribution is 5.90. The smallest absolute Gasteiger partial charge is 0.416 e. The van der Waals surface area contributed by atoms with Crippen LogP contribution in [0.15, 0.2) is 36.4 Å². The third-order valence-electron chi connectivity index (χ3n) is 6.71. The first-order valence-electron chi connectivity index (χ1n) is 12.0. The highest BCUT2D eigenvalue weighted by atomic mass is 19.4. The molecule has 0 N–H and O–H groups in total. The number of hydrogen-bond donors (Lipinski definition) is 0. The van der Waals surface area contributed by atoms with Crippen molar-refractivity contribution in [3.8, 4) is 0 Å². The van der Waals surface area contributed by atoms with Crippen LogP contribution in [0, 0.1) is 0 Å². The predicted octanol–water partition coefficient (Wildman–Crippen LogP) is 8.40. The van der Waals surface area contributed by atoms with Gasteiger partial charge in [-0.1, -0.05) is 6.92 Å². The lowest BCUT2D eigenvalue weighted by atomic mass is 9.73. The fourth-order valence-electron chi connectivity index (χ4n) is 4.96. The molecule has 0 spiro atoms. The molecule has 39 heavy (non-hydrogen) atoms. The number of ether oxygens (including phenoxy) is 2. The molecule has 2 aromatic rings. The Hall–Kier alpha value is -2.96. The highest BCUT2D eigenvalue weighted by Gasteiger charge is 2.43. The predicted molar refractivity (Wildman–Crippen MR) is 123 cm³/mol. The molecule has 3 atom stereocenters. The standard InChI is InChI=1S/C26H26F9NO3/c1-4-18-12-19(20-11-15(24(27,28)29)6-7-22(20)36(18)23(37)39-5-2)21(13-38-3)14-8-16(25(30,31)32)10-17(9-14)26(33,34)35/h6-11,18-19,21H,4-5,12-13H2,1-3H3/t18-,19+,21-/m1/s1. The van der Waals surface area contributed by atoms with E-state index in [1.54, 1.807) is 13.8 Å². The van der Waals surface area contributed by atoms with Crippen LogP contribution < -0.4 is 4.90 Å². The Balaban J connectivity index is 2.30. The molecule has 0 unspecified atom stereocenters. The molecule has 1 amide bonds. The van der Waals surface area contributed by atoms with Crippen molar-refractivity contribution < 1.29 is 53.8 Å². The first kappa shape index (κ1) is 30.6. The van der Waals surface area contributed by atoms with Gasteiger partial charge in [-0.25, -0.2) is 4.79 Å². The van der Waals surface area contributed by atoms with Gasteiger partial charge in [0.05, 0.1) is 35.6 Å². The summed E-state index contributed by atoms with van der Waals surface area (Å²) in [6.07, 6.45) is -15.6. The van der Waals surface area contributed by atoms with Crippen molar-refractivity contribution in [2.75, 3.05) is 25.2 Å². The normalized spacial score (nSPS) is 19.0. The summed E-state index contributed by atoms with van der Waals surface area (Å²) in [6.45, 7) is 2.82. The minimum absolute atomic E-state index is 0.0126. The van der Waals surface area contributed by atoms with E-state index in [9.17, 15) is 44.3 Å². The molecule has 0 aromatic heterocycles. The zero-order valence-corrected chi connectivity index (χ0v) is 21.1. The maximum absolute atomic E-state index is 13.7. The lowest BCUT2D eigenvalue weighted by molar-refractivity contribution is -0.143. The molecule has 0 saturated carbocycles. The van der Waals surface area contributed by atoms with Crippen molar-refractivity contribution in [1.82, 2.24) is 0 Å². The maximum atomic E-state index is 13.7. The number of nitrogens with zero attached hydrogens (tertiary/aromatic N) is 1. The van der Waals surface area contributed by atoms with Crippen molar-refractivity contribution in [2.45, 2.75) is 63.1 Å². The van der Waals surface area contributed by atoms with Crippen molar-refractivity contribution in [3.05, 3.63) is 64.2 Å². The second-order valence-electron chi connectivity index (χ2n) is 9.15. The topological polar surface area (TPSA) is 38.8 Å². The number of halogens is 9. The lowest BCUT2D eigenvalue weighted by Gasteiger charge is -2.43. The number of amides is 1. The zero-order chi connectivity index (χ0) is 29.3. The maximum Gasteiger partial charge on any atom is 0.416 e. The van der Waals surface area contributed by atoms with Crippen molar-refractivity contribution in [3.63, 3.8) is 0 Å². The SMILES string of the molecule is CCOC(=O)N1c2ccc(C(F)(F)F)cc2[C@@H]([C@H](COC)c2cc(C(F)(F)F)cc(C(F)(F)F)c2)C[C@H]1CC. The van der Waals surface area contributed by atoms with Crippen molar-refractivity contribution >= 4 is 11.8 Å². The Labute approximate surface area is 218 Å². The number of fused-ring (bicyclic) bond motifs is 1. The molecule has 4 nitrogen and oxygen atoms in total. The van der Waals surface area contributed by atoms with Gasteiger partial charge in [-0.05, 0) is 73.2 Å². The number of carbonyl (C=O) groups is 1. The largest absolute Gasteiger partial charge is 0.449 e. The molecule has 0 radical (unpaired) electrons. The number of carbonyl (C=O) groups excluding carboxylic acids is 1. The molecule has 2 aromatic carbocycles. The van der Waals surface area contributed by atoms with Gasteiger partial charge >= 0.3 is 24.6 Å². The zero-order valence-electron chi connectivity index (χ0n) is 21.1. The summed E-state index contributed by atoms with van der Waals surface area (Å²) in [7, 11) is 1.18. The van der Waals surface area contributed by atoms with E-state index < -0.39 is 71.4 Å². The first-order chi connectivity index (χ1) is 18.0. The molecule has 0 saturated heterocycles. The van der Waals surface area contributed by atoms with Gasteiger partial charge in [0.2, 0.25) is 0 Å². The van der Waals surface area contributed by atoms with Gasteiger partial charge in [0.25, 0.3) is 0 Å². The van der Waals surface area contributed by atoms with Crippen LogP contribution >= 0.6 is 0 Å². The molecular formula is C26H26F9NO3. The van der Waals surface area contributed by atoms with Gasteiger partial charge in [0, 0.05) is 19.1 Å². The molecule has 1 heterocycles. The number of anilines is 1. The van der Waals surface area contributed by atoms with E-state index in [2.05, 4.69) is 0 Å². The Bertz CT molecular complexity index is 1140. The van der Waals surface area contributed by atoms with E-state index in [1.165, 1.54) is 12.0 Å². The Morgan fingerprint density at radius 1 is 0.897 bits per heavy atom. The summed E-state index contributed by atoms with van der Waals surface area (Å²) in [6, 6.07) is 3.06. The van der Waals surface area contributed by atoms with Crippen LogP contribution in [0.1, 0.15) is 66.3 Å². The van der Waals surface area contributed by atoms with E-state index in [1.807, 2.05) is 0 Å². The molecular weight excluding hydrogens is 545 g/mol. The summed E-state index contributed by atoms with van der Waals surface area (Å²) in [5.74, 6) is -2.23. The van der Waals surface area contributed by atoms with Gasteiger partial charge in [-0.15, -0.1) is 0 Å². The van der Waals surface area contributed by atoms with Crippen LogP contribution in [0.4, 0.5) is 50.0 Å². The van der Waals surface area contributed by atoms with Crippen LogP contribution in [-0.4, -0.2) is 32.5 Å². The van der Waals surface area contributed by atoms with Crippen molar-refractivity contribution in [2.24, 2.45) is 0 Å². The average Bonchev–Trinajstić information content (AvgIpc) is 2.84. The van der Waals surface area contributed by atoms with Gasteiger partial charge in [0.1, 0.15) is 0 Å². The van der Waals surface area contributed by atoms with E-state index in [4.69, 9.17) is 9.47 Å². The summed E-state index contributed by atoms with van der Waals surface area (Å²) in [5.41, 5.74) is -4.60. The van der Waals surface area contributed by atoms with Crippen LogP contribution in [0.5, 0.6) is 0 Å². The van der Waals surface area contributed by atoms with Gasteiger partial charge in [-0.2, -0.15) is 39.5 Å². The van der Waals surface area contributed by atoms with E-state index >= 15 is 0 Å². The van der Waals surface area contributed by atoms with E-state index in [-0.39, 0.29) is 36.8 Å². The van der Waals surface area contributed by atoms with Crippen LogP contribution in [0.25, 0.3) is 0 Å². The molecule has 1 aliphatic heterocycles. The average molecular weight is 571 g/mol. The minimum atomic E-state index is -5.12. The summed E-state index contributed by atoms with van der Waals surface area (Å²) < 4.78 is 133. The minimum Gasteiger partial charge on any atom is -0.449 e. The Kier molecular flexibility index (Phi) is 8.83. The number of hydrogen-bond acceptors (Lipinski definition) is 3. The number of methoxy groups -OCH3 is 1. The third kappa shape index (κ3) is 6.62. The summed E-state index contributed by atoms with van der Waals surface area (Å²) in [4.78, 5) is 14.0. The van der Waals surface area contributed by atoms with Crippen LogP contribution in [-0.2, 0) is 28.0 Å². The monoisotopic (exact) mass is 571 g/mol. The fourth-order valence-corrected chi connectivity index (χ4v) is 4.96. The van der Waals surface area contributed by atoms with Crippen molar-refractivity contribution in [1.29, 1.82) is 0 Å². The molecule has 0 bridgehead atoms. The van der Waals surface area contributed by atoms with E-state index in [0.717, 1.165) is 18.2 Å². The molecule has 3 rings (SSSR count). The third-order valence-corrected chi connectivity index (χ3v) is 6.71. The van der Waals surface area contributed by atoms with Gasteiger partial charge in [-0.3, -0.25) is 4.90 Å². The molecule has 0 aliphatic carbocycles. The van der Waals surface area contributed by atoms with Gasteiger partial charge in [0.15, 0.2) is 0 Å². The Morgan fingerprint density at radius 3 is 1.92 bits per heavy atom. The fraction of sp³-hybridized carbons (Fsp3) is 0.500. The highest BCUT2D eigenvalue weighted by Crippen LogP contribution is 2.49. The second kappa shape index (κ2) is 11.3. The van der Waals surface area contributed by atoms with E-state index in [0.29, 0.717) is 12.1 Å². The Morgan fingerprint density at radius 2 is 1.46 bits per heavy atom. The molecule has 0 fully saturated rings. The molecule has 13 heteroatoms. The molecule has 216 valence electrons. The van der Waals surface area contributed by atoms with Crippen LogP contribution in [0.3, 0.4) is 0 Å². The second-order valence-corrected chi connectivity index (χ2v) is 9.15. The number of benzene rings is 2. The van der Waals surface area contributed by atoms with Crippen LogP contribution in [0.2, 0.25) is 0 Å². The number of alkyl halides is 9.